The van der Waals surface area contributed by atoms with E-state index >= 15 is 0 Å². The summed E-state index contributed by atoms with van der Waals surface area (Å²) < 4.78 is 0. The minimum atomic E-state index is -0.0965. The van der Waals surface area contributed by atoms with Gasteiger partial charge in [-0.25, -0.2) is 4.98 Å². The van der Waals surface area contributed by atoms with Gasteiger partial charge >= 0.3 is 0 Å². The number of hydrogen-bond acceptors (Lipinski definition) is 3. The van der Waals surface area contributed by atoms with E-state index in [-0.39, 0.29) is 11.4 Å². The van der Waals surface area contributed by atoms with Crippen LogP contribution in [0.3, 0.4) is 0 Å². The molecule has 0 radical (unpaired) electrons. The SMILES string of the molecule is CCCNc1cc(C(=O)N2CCCC2(C)C)c(Cl)cn1. The number of pyridine rings is 1. The highest BCUT2D eigenvalue weighted by atomic mass is 35.5. The lowest BCUT2D eigenvalue weighted by atomic mass is 10.0. The third-order valence-corrected chi connectivity index (χ3v) is 4.09. The fourth-order valence-electron chi connectivity index (χ4n) is 2.58. The Morgan fingerprint density at radius 2 is 2.30 bits per heavy atom. The maximum Gasteiger partial charge on any atom is 0.256 e. The van der Waals surface area contributed by atoms with Crippen LogP contribution in [0.2, 0.25) is 5.02 Å². The van der Waals surface area contributed by atoms with Crippen molar-refractivity contribution in [3.63, 3.8) is 0 Å². The van der Waals surface area contributed by atoms with Gasteiger partial charge in [0.1, 0.15) is 5.82 Å². The summed E-state index contributed by atoms with van der Waals surface area (Å²) in [5.74, 6) is 0.705. The highest BCUT2D eigenvalue weighted by Crippen LogP contribution is 2.31. The Morgan fingerprint density at radius 1 is 1.55 bits per heavy atom. The van der Waals surface area contributed by atoms with E-state index in [1.807, 2.05) is 4.90 Å². The highest BCUT2D eigenvalue weighted by Gasteiger charge is 2.36. The average Bonchev–Trinajstić information content (AvgIpc) is 2.76. The molecule has 0 bridgehead atoms. The molecule has 20 heavy (non-hydrogen) atoms. The van der Waals surface area contributed by atoms with Gasteiger partial charge in [0.05, 0.1) is 10.6 Å². The molecule has 1 fully saturated rings. The summed E-state index contributed by atoms with van der Waals surface area (Å²) in [4.78, 5) is 18.8. The van der Waals surface area contributed by atoms with Crippen LogP contribution >= 0.6 is 11.6 Å². The minimum Gasteiger partial charge on any atom is -0.370 e. The first-order valence-electron chi connectivity index (χ1n) is 7.17. The smallest absolute Gasteiger partial charge is 0.256 e. The van der Waals surface area contributed by atoms with Crippen molar-refractivity contribution in [2.24, 2.45) is 0 Å². The van der Waals surface area contributed by atoms with Crippen molar-refractivity contribution in [3.05, 3.63) is 22.8 Å². The molecule has 2 rings (SSSR count). The van der Waals surface area contributed by atoms with Crippen molar-refractivity contribution in [2.75, 3.05) is 18.4 Å². The van der Waals surface area contributed by atoms with Crippen molar-refractivity contribution in [1.29, 1.82) is 0 Å². The molecule has 1 aromatic rings. The van der Waals surface area contributed by atoms with Gasteiger partial charge in [0, 0.05) is 24.8 Å². The van der Waals surface area contributed by atoms with E-state index in [4.69, 9.17) is 11.6 Å². The molecular weight excluding hydrogens is 274 g/mol. The second-order valence-corrected chi connectivity index (χ2v) is 6.26. The molecular formula is C15H22ClN3O. The van der Waals surface area contributed by atoms with Gasteiger partial charge in [-0.2, -0.15) is 0 Å². The molecule has 0 aromatic carbocycles. The minimum absolute atomic E-state index is 0.000511. The van der Waals surface area contributed by atoms with Gasteiger partial charge in [0.2, 0.25) is 0 Å². The number of anilines is 1. The second-order valence-electron chi connectivity index (χ2n) is 5.85. The highest BCUT2D eigenvalue weighted by molar-refractivity contribution is 6.33. The third kappa shape index (κ3) is 3.06. The van der Waals surface area contributed by atoms with Crippen LogP contribution in [0.4, 0.5) is 5.82 Å². The monoisotopic (exact) mass is 295 g/mol. The van der Waals surface area contributed by atoms with Gasteiger partial charge in [0.25, 0.3) is 5.91 Å². The number of carbonyl (C=O) groups is 1. The van der Waals surface area contributed by atoms with Crippen LogP contribution in [0.5, 0.6) is 0 Å². The van der Waals surface area contributed by atoms with Gasteiger partial charge in [-0.05, 0) is 39.2 Å². The van der Waals surface area contributed by atoms with Gasteiger partial charge < -0.3 is 10.2 Å². The first-order chi connectivity index (χ1) is 9.45. The summed E-state index contributed by atoms with van der Waals surface area (Å²) in [5.41, 5.74) is 0.441. The standard InChI is InChI=1S/C15H22ClN3O/c1-4-7-17-13-9-11(12(16)10-18-13)14(20)19-8-5-6-15(19,2)3/h9-10H,4-8H2,1-3H3,(H,17,18). The molecule has 1 aliphatic rings. The molecule has 1 N–H and O–H groups in total. The Balaban J connectivity index is 2.24. The van der Waals surface area contributed by atoms with Gasteiger partial charge in [0.15, 0.2) is 0 Å². The van der Waals surface area contributed by atoms with Crippen molar-refractivity contribution in [3.8, 4) is 0 Å². The Bertz CT molecular complexity index is 502. The van der Waals surface area contributed by atoms with E-state index in [1.165, 1.54) is 0 Å². The summed E-state index contributed by atoms with van der Waals surface area (Å²) in [6, 6.07) is 1.76. The van der Waals surface area contributed by atoms with E-state index in [1.54, 1.807) is 12.3 Å². The van der Waals surface area contributed by atoms with Crippen molar-refractivity contribution in [2.45, 2.75) is 45.6 Å². The lowest BCUT2D eigenvalue weighted by Crippen LogP contribution is -2.42. The van der Waals surface area contributed by atoms with E-state index in [9.17, 15) is 4.79 Å². The lowest BCUT2D eigenvalue weighted by molar-refractivity contribution is 0.0652. The summed E-state index contributed by atoms with van der Waals surface area (Å²) in [7, 11) is 0. The van der Waals surface area contributed by atoms with Crippen LogP contribution in [-0.2, 0) is 0 Å². The van der Waals surface area contributed by atoms with Crippen LogP contribution < -0.4 is 5.32 Å². The molecule has 0 unspecified atom stereocenters. The molecule has 110 valence electrons. The number of nitrogens with zero attached hydrogens (tertiary/aromatic N) is 2. The maximum absolute atomic E-state index is 12.7. The normalized spacial score (nSPS) is 17.3. The molecule has 1 amide bonds. The van der Waals surface area contributed by atoms with Crippen molar-refractivity contribution in [1.82, 2.24) is 9.88 Å². The molecule has 5 heteroatoms. The Labute approximate surface area is 125 Å². The number of rotatable bonds is 4. The largest absolute Gasteiger partial charge is 0.370 e. The van der Waals surface area contributed by atoms with Crippen molar-refractivity contribution < 1.29 is 4.79 Å². The van der Waals surface area contributed by atoms with Crippen molar-refractivity contribution >= 4 is 23.3 Å². The summed E-state index contributed by atoms with van der Waals surface area (Å²) in [6.45, 7) is 7.91. The predicted molar refractivity (Wildman–Crippen MR) is 82.4 cm³/mol. The molecule has 0 saturated carbocycles. The summed E-state index contributed by atoms with van der Waals surface area (Å²) in [6.07, 6.45) is 4.63. The topological polar surface area (TPSA) is 45.2 Å². The van der Waals surface area contributed by atoms with E-state index in [0.717, 1.165) is 32.4 Å². The van der Waals surface area contributed by atoms with Crippen LogP contribution in [0.15, 0.2) is 12.3 Å². The molecule has 4 nitrogen and oxygen atoms in total. The van der Waals surface area contributed by atoms with Gasteiger partial charge in [-0.3, -0.25) is 4.79 Å². The molecule has 0 aliphatic carbocycles. The zero-order valence-electron chi connectivity index (χ0n) is 12.4. The quantitative estimate of drug-likeness (QED) is 0.923. The number of hydrogen-bond donors (Lipinski definition) is 1. The van der Waals surface area contributed by atoms with E-state index < -0.39 is 0 Å². The molecule has 1 aromatic heterocycles. The first-order valence-corrected chi connectivity index (χ1v) is 7.55. The maximum atomic E-state index is 12.7. The number of halogens is 1. The van der Waals surface area contributed by atoms with Crippen LogP contribution in [-0.4, -0.2) is 34.4 Å². The number of nitrogens with one attached hydrogen (secondary N) is 1. The van der Waals surface area contributed by atoms with Crippen LogP contribution in [0.25, 0.3) is 0 Å². The Hall–Kier alpha value is -1.29. The molecule has 0 spiro atoms. The second kappa shape index (κ2) is 6.00. The number of likely N-dealkylation sites (tertiary alicyclic amines) is 1. The van der Waals surface area contributed by atoms with Gasteiger partial charge in [-0.1, -0.05) is 18.5 Å². The fourth-order valence-corrected chi connectivity index (χ4v) is 2.77. The summed E-state index contributed by atoms with van der Waals surface area (Å²) >= 11 is 6.16. The van der Waals surface area contributed by atoms with Gasteiger partial charge in [-0.15, -0.1) is 0 Å². The van der Waals surface area contributed by atoms with Crippen LogP contribution in [0.1, 0.15) is 50.4 Å². The van der Waals surface area contributed by atoms with Crippen LogP contribution in [0, 0.1) is 0 Å². The number of amides is 1. The fraction of sp³-hybridized carbons (Fsp3) is 0.600. The molecule has 1 aliphatic heterocycles. The third-order valence-electron chi connectivity index (χ3n) is 3.79. The average molecular weight is 296 g/mol. The number of aromatic nitrogens is 1. The first kappa shape index (κ1) is 15.1. The Kier molecular flexibility index (Phi) is 4.53. The summed E-state index contributed by atoms with van der Waals surface area (Å²) in [5, 5.41) is 3.60. The Morgan fingerprint density at radius 3 is 2.90 bits per heavy atom. The molecule has 2 heterocycles. The zero-order valence-corrected chi connectivity index (χ0v) is 13.1. The molecule has 1 saturated heterocycles. The lowest BCUT2D eigenvalue weighted by Gasteiger charge is -2.32. The molecule has 0 atom stereocenters. The van der Waals surface area contributed by atoms with E-state index in [2.05, 4.69) is 31.1 Å². The zero-order chi connectivity index (χ0) is 14.8. The van der Waals surface area contributed by atoms with E-state index in [0.29, 0.717) is 16.4 Å². The predicted octanol–water partition coefficient (Wildman–Crippen LogP) is 3.57. The number of carbonyl (C=O) groups excluding carboxylic acids is 1.